The fraction of sp³-hybridized carbons (Fsp3) is 0.333. The Hall–Kier alpha value is -0.190. The maximum atomic E-state index is 5.20. The summed E-state index contributed by atoms with van der Waals surface area (Å²) in [6.45, 7) is 0.505. The zero-order valence-corrected chi connectivity index (χ0v) is 5.71. The van der Waals surface area contributed by atoms with E-state index in [1.54, 1.807) is 5.51 Å². The number of nitrogens with two attached hydrogens (primary N) is 1. The lowest BCUT2D eigenvalue weighted by atomic mass is 10.7. The first-order chi connectivity index (χ1) is 3.43. The lowest BCUT2D eigenvalue weighted by Gasteiger charge is -1.75. The average Bonchev–Trinajstić information content (AvgIpc) is 2.14. The number of hydrogen-bond donors (Lipinski definition) is 1. The van der Waals surface area contributed by atoms with Gasteiger partial charge in [0.25, 0.3) is 0 Å². The van der Waals surface area contributed by atoms with Crippen molar-refractivity contribution in [3.05, 3.63) is 10.5 Å². The van der Waals surface area contributed by atoms with Gasteiger partial charge in [-0.15, -0.1) is 33.9 Å². The number of aromatic nitrogens is 2. The van der Waals surface area contributed by atoms with E-state index in [-0.39, 0.29) is 12.4 Å². The summed E-state index contributed by atoms with van der Waals surface area (Å²) in [6, 6.07) is 0. The summed E-state index contributed by atoms with van der Waals surface area (Å²) in [5.74, 6) is 0. The van der Waals surface area contributed by atoms with Gasteiger partial charge in [0.15, 0.2) is 0 Å². The van der Waals surface area contributed by atoms with E-state index in [2.05, 4.69) is 10.2 Å². The van der Waals surface area contributed by atoms with E-state index in [0.29, 0.717) is 6.54 Å². The van der Waals surface area contributed by atoms with Gasteiger partial charge in [-0.25, -0.2) is 0 Å². The van der Waals surface area contributed by atoms with E-state index in [1.807, 2.05) is 0 Å². The van der Waals surface area contributed by atoms with Gasteiger partial charge in [0.1, 0.15) is 10.5 Å². The van der Waals surface area contributed by atoms with Crippen molar-refractivity contribution < 1.29 is 0 Å². The molecule has 1 heterocycles. The molecule has 0 amide bonds. The second kappa shape index (κ2) is 3.77. The Morgan fingerprint density at radius 3 is 2.75 bits per heavy atom. The topological polar surface area (TPSA) is 51.8 Å². The van der Waals surface area contributed by atoms with Crippen molar-refractivity contribution in [1.82, 2.24) is 10.2 Å². The second-order valence-corrected chi connectivity index (χ2v) is 1.95. The van der Waals surface area contributed by atoms with Gasteiger partial charge in [0.2, 0.25) is 0 Å². The smallest absolute Gasteiger partial charge is 0.130 e. The minimum atomic E-state index is 0. The average molecular weight is 152 g/mol. The highest BCUT2D eigenvalue weighted by atomic mass is 35.5. The van der Waals surface area contributed by atoms with E-state index >= 15 is 0 Å². The van der Waals surface area contributed by atoms with Crippen molar-refractivity contribution in [1.29, 1.82) is 0 Å². The number of rotatable bonds is 1. The van der Waals surface area contributed by atoms with Crippen LogP contribution in [-0.4, -0.2) is 10.2 Å². The normalized spacial score (nSPS) is 8.12. The second-order valence-electron chi connectivity index (χ2n) is 1.04. The molecule has 0 fully saturated rings. The molecule has 46 valence electrons. The van der Waals surface area contributed by atoms with Gasteiger partial charge >= 0.3 is 0 Å². The van der Waals surface area contributed by atoms with Crippen LogP contribution in [0.4, 0.5) is 0 Å². The van der Waals surface area contributed by atoms with Crippen LogP contribution in [0.3, 0.4) is 0 Å². The van der Waals surface area contributed by atoms with E-state index in [1.165, 1.54) is 11.3 Å². The Morgan fingerprint density at radius 2 is 2.50 bits per heavy atom. The van der Waals surface area contributed by atoms with Crippen LogP contribution in [0.15, 0.2) is 5.51 Å². The van der Waals surface area contributed by atoms with Crippen LogP contribution in [0.5, 0.6) is 0 Å². The molecule has 0 saturated heterocycles. The van der Waals surface area contributed by atoms with Crippen LogP contribution < -0.4 is 5.73 Å². The van der Waals surface area contributed by atoms with Crippen LogP contribution in [0.25, 0.3) is 0 Å². The van der Waals surface area contributed by atoms with E-state index < -0.39 is 0 Å². The molecule has 2 N–H and O–H groups in total. The van der Waals surface area contributed by atoms with Crippen molar-refractivity contribution >= 4 is 23.7 Å². The monoisotopic (exact) mass is 151 g/mol. The van der Waals surface area contributed by atoms with Gasteiger partial charge in [-0.05, 0) is 0 Å². The van der Waals surface area contributed by atoms with Crippen LogP contribution in [0.1, 0.15) is 5.01 Å². The van der Waals surface area contributed by atoms with Gasteiger partial charge in [0.05, 0.1) is 0 Å². The molecule has 3 nitrogen and oxygen atoms in total. The SMILES string of the molecule is Cl.NCc1nncs1. The van der Waals surface area contributed by atoms with Crippen molar-refractivity contribution in [3.8, 4) is 0 Å². The fourth-order valence-electron chi connectivity index (χ4n) is 0.285. The molecule has 0 saturated carbocycles. The van der Waals surface area contributed by atoms with E-state index in [4.69, 9.17) is 5.73 Å². The van der Waals surface area contributed by atoms with Gasteiger partial charge in [0, 0.05) is 6.54 Å². The molecule has 1 aromatic rings. The standard InChI is InChI=1S/C3H5N3S.ClH/c4-1-3-6-5-2-7-3;/h2H,1,4H2;1H. The van der Waals surface area contributed by atoms with Crippen molar-refractivity contribution in [3.63, 3.8) is 0 Å². The molecular formula is C3H6ClN3S. The quantitative estimate of drug-likeness (QED) is 0.633. The molecule has 0 aliphatic rings. The maximum absolute atomic E-state index is 5.20. The zero-order chi connectivity index (χ0) is 5.11. The van der Waals surface area contributed by atoms with Gasteiger partial charge in [-0.1, -0.05) is 0 Å². The molecule has 0 radical (unpaired) electrons. The molecule has 0 atom stereocenters. The Labute approximate surface area is 57.3 Å². The van der Waals surface area contributed by atoms with Crippen LogP contribution in [0, 0.1) is 0 Å². The lowest BCUT2D eigenvalue weighted by Crippen LogP contribution is -1.94. The highest BCUT2D eigenvalue weighted by Gasteiger charge is 1.86. The third-order valence-corrected chi connectivity index (χ3v) is 1.30. The number of hydrogen-bond acceptors (Lipinski definition) is 4. The number of halogens is 1. The van der Waals surface area contributed by atoms with Crippen molar-refractivity contribution in [2.45, 2.75) is 6.54 Å². The van der Waals surface area contributed by atoms with Crippen molar-refractivity contribution in [2.75, 3.05) is 0 Å². The molecule has 0 aliphatic carbocycles. The molecule has 5 heteroatoms. The van der Waals surface area contributed by atoms with Crippen LogP contribution in [0.2, 0.25) is 0 Å². The zero-order valence-electron chi connectivity index (χ0n) is 4.07. The summed E-state index contributed by atoms with van der Waals surface area (Å²) >= 11 is 1.48. The number of nitrogens with zero attached hydrogens (tertiary/aromatic N) is 2. The third kappa shape index (κ3) is 1.73. The highest BCUT2D eigenvalue weighted by molar-refractivity contribution is 7.09. The van der Waals surface area contributed by atoms with Crippen molar-refractivity contribution in [2.24, 2.45) is 5.73 Å². The Morgan fingerprint density at radius 1 is 1.75 bits per heavy atom. The predicted molar refractivity (Wildman–Crippen MR) is 35.0 cm³/mol. The van der Waals surface area contributed by atoms with Gasteiger partial charge < -0.3 is 5.73 Å². The first-order valence-electron chi connectivity index (χ1n) is 1.88. The Kier molecular flexibility index (Phi) is 3.68. The minimum absolute atomic E-state index is 0. The predicted octanol–water partition coefficient (Wildman–Crippen LogP) is 0.419. The van der Waals surface area contributed by atoms with E-state index in [9.17, 15) is 0 Å². The molecule has 8 heavy (non-hydrogen) atoms. The molecule has 0 unspecified atom stereocenters. The van der Waals surface area contributed by atoms with Crippen LogP contribution in [-0.2, 0) is 6.54 Å². The third-order valence-electron chi connectivity index (χ3n) is 0.580. The van der Waals surface area contributed by atoms with E-state index in [0.717, 1.165) is 5.01 Å². The Bertz CT molecular complexity index is 129. The molecule has 0 aliphatic heterocycles. The maximum Gasteiger partial charge on any atom is 0.130 e. The summed E-state index contributed by atoms with van der Waals surface area (Å²) in [5, 5.41) is 8.15. The first-order valence-corrected chi connectivity index (χ1v) is 2.76. The Balaban J connectivity index is 0.000000490. The summed E-state index contributed by atoms with van der Waals surface area (Å²) in [5.41, 5.74) is 6.87. The summed E-state index contributed by atoms with van der Waals surface area (Å²) in [7, 11) is 0. The molecular weight excluding hydrogens is 146 g/mol. The molecule has 0 spiro atoms. The molecule has 0 bridgehead atoms. The summed E-state index contributed by atoms with van der Waals surface area (Å²) in [4.78, 5) is 0. The summed E-state index contributed by atoms with van der Waals surface area (Å²) < 4.78 is 0. The lowest BCUT2D eigenvalue weighted by molar-refractivity contribution is 0.958. The summed E-state index contributed by atoms with van der Waals surface area (Å²) in [6.07, 6.45) is 0. The highest BCUT2D eigenvalue weighted by Crippen LogP contribution is 1.96. The van der Waals surface area contributed by atoms with Gasteiger partial charge in [-0.2, -0.15) is 0 Å². The fourth-order valence-corrected chi connectivity index (χ4v) is 0.691. The van der Waals surface area contributed by atoms with Crippen LogP contribution >= 0.6 is 23.7 Å². The minimum Gasteiger partial charge on any atom is -0.324 e. The first kappa shape index (κ1) is 7.81. The molecule has 0 aromatic carbocycles. The largest absolute Gasteiger partial charge is 0.324 e. The van der Waals surface area contributed by atoms with Gasteiger partial charge in [-0.3, -0.25) is 0 Å². The molecule has 1 aromatic heterocycles. The molecule has 1 rings (SSSR count).